The van der Waals surface area contributed by atoms with Crippen LogP contribution in [-0.4, -0.2) is 20.9 Å². The molecule has 1 aliphatic carbocycles. The predicted molar refractivity (Wildman–Crippen MR) is 73.7 cm³/mol. The Bertz CT molecular complexity index is 658. The molecular formula is C13H15ClFNO3S. The molecule has 20 heavy (non-hydrogen) atoms. The number of carbonyl (C=O) groups is 1. The number of carbonyl (C=O) groups excluding carboxylic acids is 1. The Morgan fingerprint density at radius 3 is 2.60 bits per heavy atom. The summed E-state index contributed by atoms with van der Waals surface area (Å²) in [4.78, 5) is 11.2. The molecule has 0 aromatic heterocycles. The minimum Gasteiger partial charge on any atom is -0.352 e. The van der Waals surface area contributed by atoms with Crippen LogP contribution in [0.1, 0.15) is 30.6 Å². The predicted octanol–water partition coefficient (Wildman–Crippen LogP) is 2.53. The molecule has 1 N–H and O–H groups in total. The van der Waals surface area contributed by atoms with Gasteiger partial charge < -0.3 is 5.32 Å². The lowest BCUT2D eigenvalue weighted by Gasteiger charge is -2.07. The van der Waals surface area contributed by atoms with E-state index >= 15 is 0 Å². The molecule has 7 heteroatoms. The molecule has 1 fully saturated rings. The third-order valence-electron chi connectivity index (χ3n) is 3.68. The molecule has 1 saturated carbocycles. The zero-order chi connectivity index (χ0) is 15.1. The third kappa shape index (κ3) is 3.30. The molecule has 1 aromatic carbocycles. The van der Waals surface area contributed by atoms with Gasteiger partial charge in [0, 0.05) is 22.8 Å². The van der Waals surface area contributed by atoms with Crippen LogP contribution < -0.4 is 5.32 Å². The molecule has 0 spiro atoms. The van der Waals surface area contributed by atoms with Crippen LogP contribution in [0.25, 0.3) is 0 Å². The molecule has 1 atom stereocenters. The standard InChI is InChI=1S/C13H15ClFNO3S/c1-13(2)6-9(13)7-16-12(17)8-3-4-10(15)11(5-8)20(14,18)19/h3-5,9H,6-7H2,1-2H3,(H,16,17). The number of benzene rings is 1. The molecule has 110 valence electrons. The fourth-order valence-electron chi connectivity index (χ4n) is 2.07. The molecule has 1 amide bonds. The first-order valence-electron chi connectivity index (χ1n) is 6.14. The molecule has 2 rings (SSSR count). The number of rotatable bonds is 4. The summed E-state index contributed by atoms with van der Waals surface area (Å²) in [7, 11) is 0.906. The van der Waals surface area contributed by atoms with Crippen molar-refractivity contribution in [3.8, 4) is 0 Å². The molecule has 0 aliphatic heterocycles. The molecule has 0 heterocycles. The number of amides is 1. The summed E-state index contributed by atoms with van der Waals surface area (Å²) in [5, 5.41) is 2.72. The first-order chi connectivity index (χ1) is 9.11. The molecule has 0 bridgehead atoms. The van der Waals surface area contributed by atoms with E-state index in [-0.39, 0.29) is 11.0 Å². The van der Waals surface area contributed by atoms with Gasteiger partial charge in [-0.05, 0) is 36.0 Å². The minimum atomic E-state index is -4.21. The highest BCUT2D eigenvalue weighted by Gasteiger charge is 2.45. The first kappa shape index (κ1) is 15.3. The maximum atomic E-state index is 13.4. The van der Waals surface area contributed by atoms with Crippen LogP contribution in [0.2, 0.25) is 0 Å². The Balaban J connectivity index is 2.11. The van der Waals surface area contributed by atoms with E-state index in [1.54, 1.807) is 0 Å². The lowest BCUT2D eigenvalue weighted by Crippen LogP contribution is -2.26. The molecule has 0 radical (unpaired) electrons. The van der Waals surface area contributed by atoms with E-state index in [0.717, 1.165) is 18.6 Å². The van der Waals surface area contributed by atoms with Crippen molar-refractivity contribution in [3.63, 3.8) is 0 Å². The van der Waals surface area contributed by atoms with E-state index in [1.807, 2.05) is 0 Å². The Hall–Kier alpha value is -1.14. The van der Waals surface area contributed by atoms with E-state index in [0.29, 0.717) is 12.5 Å². The van der Waals surface area contributed by atoms with Crippen molar-refractivity contribution in [2.45, 2.75) is 25.2 Å². The molecule has 1 aliphatic rings. The van der Waals surface area contributed by atoms with Gasteiger partial charge in [-0.1, -0.05) is 13.8 Å². The molecular weight excluding hydrogens is 305 g/mol. The Morgan fingerprint density at radius 1 is 1.50 bits per heavy atom. The van der Waals surface area contributed by atoms with Crippen molar-refractivity contribution in [1.29, 1.82) is 0 Å². The lowest BCUT2D eigenvalue weighted by atomic mass is 10.1. The maximum absolute atomic E-state index is 13.4. The van der Waals surface area contributed by atoms with E-state index in [4.69, 9.17) is 10.7 Å². The molecule has 1 unspecified atom stereocenters. The monoisotopic (exact) mass is 319 g/mol. The normalized spacial score (nSPS) is 20.5. The number of hydrogen-bond donors (Lipinski definition) is 1. The van der Waals surface area contributed by atoms with Crippen LogP contribution in [0.15, 0.2) is 23.1 Å². The zero-order valence-electron chi connectivity index (χ0n) is 11.1. The fraction of sp³-hybridized carbons (Fsp3) is 0.462. The second-order valence-corrected chi connectivity index (χ2v) is 8.22. The molecule has 4 nitrogen and oxygen atoms in total. The minimum absolute atomic E-state index is 0.0732. The largest absolute Gasteiger partial charge is 0.352 e. The first-order valence-corrected chi connectivity index (χ1v) is 8.44. The average molecular weight is 320 g/mol. The highest BCUT2D eigenvalue weighted by Crippen LogP contribution is 2.50. The topological polar surface area (TPSA) is 63.2 Å². The summed E-state index contributed by atoms with van der Waals surface area (Å²) in [6.07, 6.45) is 1.04. The summed E-state index contributed by atoms with van der Waals surface area (Å²) in [5.41, 5.74) is 0.310. The van der Waals surface area contributed by atoms with Gasteiger partial charge in [0.05, 0.1) is 0 Å². The fourth-order valence-corrected chi connectivity index (χ4v) is 3.00. The number of halogens is 2. The summed E-state index contributed by atoms with van der Waals surface area (Å²) in [6, 6.07) is 3.10. The van der Waals surface area contributed by atoms with Crippen molar-refractivity contribution in [1.82, 2.24) is 5.32 Å². The Kier molecular flexibility index (Phi) is 3.81. The molecule has 0 saturated heterocycles. The molecule has 1 aromatic rings. The Morgan fingerprint density at radius 2 is 2.10 bits per heavy atom. The number of hydrogen-bond acceptors (Lipinski definition) is 3. The van der Waals surface area contributed by atoms with Gasteiger partial charge in [-0.15, -0.1) is 0 Å². The van der Waals surface area contributed by atoms with Gasteiger partial charge in [-0.25, -0.2) is 12.8 Å². The number of nitrogens with one attached hydrogen (secondary N) is 1. The van der Waals surface area contributed by atoms with Crippen molar-refractivity contribution in [2.24, 2.45) is 11.3 Å². The van der Waals surface area contributed by atoms with E-state index in [2.05, 4.69) is 19.2 Å². The van der Waals surface area contributed by atoms with E-state index < -0.39 is 25.7 Å². The van der Waals surface area contributed by atoms with Crippen LogP contribution in [0.4, 0.5) is 4.39 Å². The van der Waals surface area contributed by atoms with Gasteiger partial charge in [0.1, 0.15) is 10.7 Å². The SMILES string of the molecule is CC1(C)CC1CNC(=O)c1ccc(F)c(S(=O)(=O)Cl)c1. The zero-order valence-corrected chi connectivity index (χ0v) is 12.7. The highest BCUT2D eigenvalue weighted by molar-refractivity contribution is 8.13. The Labute approximate surface area is 121 Å². The smallest absolute Gasteiger partial charge is 0.264 e. The quantitative estimate of drug-likeness (QED) is 0.867. The summed E-state index contributed by atoms with van der Waals surface area (Å²) in [5.74, 6) is -0.989. The maximum Gasteiger partial charge on any atom is 0.264 e. The van der Waals surface area contributed by atoms with Crippen molar-refractivity contribution < 1.29 is 17.6 Å². The second-order valence-electron chi connectivity index (χ2n) is 5.68. The van der Waals surface area contributed by atoms with E-state index in [1.165, 1.54) is 6.07 Å². The van der Waals surface area contributed by atoms with Crippen LogP contribution in [0, 0.1) is 17.2 Å². The average Bonchev–Trinajstić information content (AvgIpc) is 2.93. The van der Waals surface area contributed by atoms with Crippen molar-refractivity contribution >= 4 is 25.6 Å². The third-order valence-corrected chi connectivity index (χ3v) is 5.02. The van der Waals surface area contributed by atoms with Gasteiger partial charge in [0.15, 0.2) is 0 Å². The van der Waals surface area contributed by atoms with Crippen LogP contribution in [0.3, 0.4) is 0 Å². The van der Waals surface area contributed by atoms with Gasteiger partial charge in [0.25, 0.3) is 15.0 Å². The summed E-state index contributed by atoms with van der Waals surface area (Å²) in [6.45, 7) is 4.74. The van der Waals surface area contributed by atoms with Gasteiger partial charge in [-0.2, -0.15) is 0 Å². The van der Waals surface area contributed by atoms with Gasteiger partial charge in [-0.3, -0.25) is 4.79 Å². The van der Waals surface area contributed by atoms with Crippen molar-refractivity contribution in [2.75, 3.05) is 6.54 Å². The van der Waals surface area contributed by atoms with Crippen LogP contribution in [-0.2, 0) is 9.05 Å². The van der Waals surface area contributed by atoms with Crippen LogP contribution >= 0.6 is 10.7 Å². The van der Waals surface area contributed by atoms with Crippen LogP contribution in [0.5, 0.6) is 0 Å². The van der Waals surface area contributed by atoms with Gasteiger partial charge >= 0.3 is 0 Å². The van der Waals surface area contributed by atoms with Crippen molar-refractivity contribution in [3.05, 3.63) is 29.6 Å². The summed E-state index contributed by atoms with van der Waals surface area (Å²) >= 11 is 0. The lowest BCUT2D eigenvalue weighted by molar-refractivity contribution is 0.0950. The summed E-state index contributed by atoms with van der Waals surface area (Å²) < 4.78 is 35.7. The second kappa shape index (κ2) is 5.00. The highest BCUT2D eigenvalue weighted by atomic mass is 35.7. The van der Waals surface area contributed by atoms with Gasteiger partial charge in [0.2, 0.25) is 0 Å². The van der Waals surface area contributed by atoms with E-state index in [9.17, 15) is 17.6 Å².